The molecule has 106 valence electrons. The highest BCUT2D eigenvalue weighted by Crippen LogP contribution is 2.13. The molecule has 0 aliphatic heterocycles. The van der Waals surface area contributed by atoms with Crippen molar-refractivity contribution in [1.82, 2.24) is 10.6 Å². The number of nitrogens with one attached hydrogen (secondary N) is 2. The number of furan rings is 1. The maximum absolute atomic E-state index is 11.8. The van der Waals surface area contributed by atoms with Crippen LogP contribution in [0.3, 0.4) is 0 Å². The maximum Gasteiger partial charge on any atom is 0.315 e. The van der Waals surface area contributed by atoms with Crippen molar-refractivity contribution in [1.29, 1.82) is 0 Å². The SMILES string of the molecule is CCc1ccc(C(C)NC(=O)NCc2ccco2)cc1. The molecular formula is C16H20N2O2. The molecular weight excluding hydrogens is 252 g/mol. The Balaban J connectivity index is 1.83. The molecule has 1 atom stereocenters. The monoisotopic (exact) mass is 272 g/mol. The van der Waals surface area contributed by atoms with Gasteiger partial charge in [-0.1, -0.05) is 31.2 Å². The van der Waals surface area contributed by atoms with Gasteiger partial charge < -0.3 is 15.1 Å². The van der Waals surface area contributed by atoms with E-state index >= 15 is 0 Å². The summed E-state index contributed by atoms with van der Waals surface area (Å²) in [6.45, 7) is 4.48. The average Bonchev–Trinajstić information content (AvgIpc) is 2.98. The lowest BCUT2D eigenvalue weighted by atomic mass is 10.1. The van der Waals surface area contributed by atoms with Gasteiger partial charge in [0.2, 0.25) is 0 Å². The van der Waals surface area contributed by atoms with E-state index in [-0.39, 0.29) is 12.1 Å². The van der Waals surface area contributed by atoms with Crippen molar-refractivity contribution >= 4 is 6.03 Å². The van der Waals surface area contributed by atoms with E-state index < -0.39 is 0 Å². The maximum atomic E-state index is 11.8. The third-order valence-electron chi connectivity index (χ3n) is 3.24. The largest absolute Gasteiger partial charge is 0.467 e. The topological polar surface area (TPSA) is 54.3 Å². The van der Waals surface area contributed by atoms with Crippen LogP contribution in [0.1, 0.15) is 36.8 Å². The Morgan fingerprint density at radius 2 is 2.00 bits per heavy atom. The molecule has 20 heavy (non-hydrogen) atoms. The standard InChI is InChI=1S/C16H20N2O2/c1-3-13-6-8-14(9-7-13)12(2)18-16(19)17-11-15-5-4-10-20-15/h4-10,12H,3,11H2,1-2H3,(H2,17,18,19). The number of aryl methyl sites for hydroxylation is 1. The summed E-state index contributed by atoms with van der Waals surface area (Å²) in [7, 11) is 0. The van der Waals surface area contributed by atoms with Crippen LogP contribution >= 0.6 is 0 Å². The number of urea groups is 1. The lowest BCUT2D eigenvalue weighted by Crippen LogP contribution is -2.36. The summed E-state index contributed by atoms with van der Waals surface area (Å²) in [4.78, 5) is 11.8. The highest BCUT2D eigenvalue weighted by molar-refractivity contribution is 5.74. The zero-order valence-electron chi connectivity index (χ0n) is 11.8. The predicted octanol–water partition coefficient (Wildman–Crippen LogP) is 3.40. The first-order valence-electron chi connectivity index (χ1n) is 6.84. The van der Waals surface area contributed by atoms with E-state index in [1.165, 1.54) is 5.56 Å². The molecule has 1 heterocycles. The van der Waals surface area contributed by atoms with Gasteiger partial charge in [-0.3, -0.25) is 0 Å². The Kier molecular flexibility index (Phi) is 4.82. The minimum absolute atomic E-state index is 0.0301. The third-order valence-corrected chi connectivity index (χ3v) is 3.24. The van der Waals surface area contributed by atoms with Crippen LogP contribution in [0.4, 0.5) is 4.79 Å². The molecule has 2 N–H and O–H groups in total. The molecule has 1 aromatic carbocycles. The Morgan fingerprint density at radius 1 is 1.25 bits per heavy atom. The lowest BCUT2D eigenvalue weighted by molar-refractivity contribution is 0.236. The molecule has 1 unspecified atom stereocenters. The van der Waals surface area contributed by atoms with Crippen LogP contribution in [0.15, 0.2) is 47.1 Å². The molecule has 1 aromatic heterocycles. The molecule has 0 spiro atoms. The molecule has 0 bridgehead atoms. The van der Waals surface area contributed by atoms with Crippen LogP contribution in [0, 0.1) is 0 Å². The number of hydrogen-bond donors (Lipinski definition) is 2. The smallest absolute Gasteiger partial charge is 0.315 e. The van der Waals surface area contributed by atoms with Gasteiger partial charge in [0.1, 0.15) is 5.76 Å². The molecule has 0 radical (unpaired) electrons. The van der Waals surface area contributed by atoms with E-state index in [1.807, 2.05) is 13.0 Å². The average molecular weight is 272 g/mol. The minimum atomic E-state index is -0.200. The van der Waals surface area contributed by atoms with E-state index in [9.17, 15) is 4.79 Å². The van der Waals surface area contributed by atoms with Crippen LogP contribution < -0.4 is 10.6 Å². The predicted molar refractivity (Wildman–Crippen MR) is 78.3 cm³/mol. The van der Waals surface area contributed by atoms with Crippen LogP contribution in [0.2, 0.25) is 0 Å². The van der Waals surface area contributed by atoms with Crippen molar-refractivity contribution in [3.05, 3.63) is 59.5 Å². The molecule has 2 aromatic rings. The molecule has 0 fully saturated rings. The fourth-order valence-corrected chi connectivity index (χ4v) is 1.95. The first-order chi connectivity index (χ1) is 9.69. The second-order valence-corrected chi connectivity index (χ2v) is 4.72. The zero-order valence-corrected chi connectivity index (χ0v) is 11.8. The molecule has 0 aliphatic rings. The zero-order chi connectivity index (χ0) is 14.4. The molecule has 0 aliphatic carbocycles. The highest BCUT2D eigenvalue weighted by atomic mass is 16.3. The summed E-state index contributed by atoms with van der Waals surface area (Å²) >= 11 is 0. The van der Waals surface area contributed by atoms with E-state index in [1.54, 1.807) is 12.3 Å². The van der Waals surface area contributed by atoms with Gasteiger partial charge in [0.15, 0.2) is 0 Å². The number of rotatable bonds is 5. The Morgan fingerprint density at radius 3 is 2.60 bits per heavy atom. The van der Waals surface area contributed by atoms with Gasteiger partial charge in [0.05, 0.1) is 18.8 Å². The van der Waals surface area contributed by atoms with E-state index in [0.29, 0.717) is 6.54 Å². The molecule has 4 nitrogen and oxygen atoms in total. The van der Waals surface area contributed by atoms with Crippen molar-refractivity contribution in [2.45, 2.75) is 32.9 Å². The van der Waals surface area contributed by atoms with Gasteiger partial charge in [-0.2, -0.15) is 0 Å². The van der Waals surface area contributed by atoms with E-state index in [2.05, 4.69) is 41.8 Å². The normalized spacial score (nSPS) is 11.9. The summed E-state index contributed by atoms with van der Waals surface area (Å²) in [6.07, 6.45) is 2.61. The molecule has 2 amide bonds. The quantitative estimate of drug-likeness (QED) is 0.876. The number of benzene rings is 1. The summed E-state index contributed by atoms with van der Waals surface area (Å²) in [5.74, 6) is 0.736. The number of carbonyl (C=O) groups is 1. The Labute approximate surface area is 119 Å². The highest BCUT2D eigenvalue weighted by Gasteiger charge is 2.09. The van der Waals surface area contributed by atoms with Crippen molar-refractivity contribution in [3.63, 3.8) is 0 Å². The second-order valence-electron chi connectivity index (χ2n) is 4.72. The molecule has 0 saturated heterocycles. The van der Waals surface area contributed by atoms with Gasteiger partial charge in [-0.15, -0.1) is 0 Å². The van der Waals surface area contributed by atoms with Gasteiger partial charge in [0.25, 0.3) is 0 Å². The van der Waals surface area contributed by atoms with Crippen molar-refractivity contribution in [2.24, 2.45) is 0 Å². The minimum Gasteiger partial charge on any atom is -0.467 e. The van der Waals surface area contributed by atoms with Crippen molar-refractivity contribution < 1.29 is 9.21 Å². The van der Waals surface area contributed by atoms with Crippen molar-refractivity contribution in [3.8, 4) is 0 Å². The first-order valence-corrected chi connectivity index (χ1v) is 6.84. The van der Waals surface area contributed by atoms with Crippen LogP contribution in [0.25, 0.3) is 0 Å². The van der Waals surface area contributed by atoms with E-state index in [4.69, 9.17) is 4.42 Å². The van der Waals surface area contributed by atoms with Gasteiger partial charge in [-0.05, 0) is 36.6 Å². The Hall–Kier alpha value is -2.23. The molecule has 4 heteroatoms. The second kappa shape index (κ2) is 6.80. The molecule has 2 rings (SSSR count). The van der Waals surface area contributed by atoms with Gasteiger partial charge in [-0.25, -0.2) is 4.79 Å². The lowest BCUT2D eigenvalue weighted by Gasteiger charge is -2.15. The number of hydrogen-bond acceptors (Lipinski definition) is 2. The summed E-state index contributed by atoms with van der Waals surface area (Å²) < 4.78 is 5.16. The van der Waals surface area contributed by atoms with Crippen molar-refractivity contribution in [2.75, 3.05) is 0 Å². The fourth-order valence-electron chi connectivity index (χ4n) is 1.95. The van der Waals surface area contributed by atoms with Gasteiger partial charge >= 0.3 is 6.03 Å². The van der Waals surface area contributed by atoms with Gasteiger partial charge in [0, 0.05) is 0 Å². The summed E-state index contributed by atoms with van der Waals surface area (Å²) in [5.41, 5.74) is 2.39. The van der Waals surface area contributed by atoms with Crippen LogP contribution in [0.5, 0.6) is 0 Å². The number of amides is 2. The third kappa shape index (κ3) is 3.88. The summed E-state index contributed by atoms with van der Waals surface area (Å²) in [5, 5.41) is 5.67. The Bertz CT molecular complexity index is 532. The van der Waals surface area contributed by atoms with Crippen LogP contribution in [-0.4, -0.2) is 6.03 Å². The summed E-state index contributed by atoms with van der Waals surface area (Å²) in [6, 6.07) is 11.7. The van der Waals surface area contributed by atoms with E-state index in [0.717, 1.165) is 17.7 Å². The molecule has 0 saturated carbocycles. The first kappa shape index (κ1) is 14.2. The fraction of sp³-hybridized carbons (Fsp3) is 0.312. The van der Waals surface area contributed by atoms with Crippen LogP contribution in [-0.2, 0) is 13.0 Å². The number of carbonyl (C=O) groups excluding carboxylic acids is 1.